The van der Waals surface area contributed by atoms with Crippen LogP contribution in [0.3, 0.4) is 0 Å². The molecular weight excluding hydrogens is 853 g/mol. The van der Waals surface area contributed by atoms with Gasteiger partial charge in [-0.2, -0.15) is 0 Å². The van der Waals surface area contributed by atoms with Crippen molar-refractivity contribution in [2.24, 2.45) is 0 Å². The van der Waals surface area contributed by atoms with Gasteiger partial charge in [-0.25, -0.2) is 0 Å². The van der Waals surface area contributed by atoms with Crippen LogP contribution < -0.4 is 0 Å². The first-order chi connectivity index (χ1) is 34.0. The highest BCUT2D eigenvalue weighted by Crippen LogP contribution is 2.18. The number of carbonyl (C=O) groups excluding carboxylic acids is 3. The molecule has 69 heavy (non-hydrogen) atoms. The second-order valence-electron chi connectivity index (χ2n) is 21.3. The summed E-state index contributed by atoms with van der Waals surface area (Å²) in [5.74, 6) is -0.837. The van der Waals surface area contributed by atoms with Crippen LogP contribution in [0.1, 0.15) is 355 Å². The van der Waals surface area contributed by atoms with Crippen LogP contribution in [0.5, 0.6) is 0 Å². The van der Waals surface area contributed by atoms with E-state index in [1.165, 1.54) is 257 Å². The maximum Gasteiger partial charge on any atom is 0.306 e. The van der Waals surface area contributed by atoms with Gasteiger partial charge >= 0.3 is 17.9 Å². The van der Waals surface area contributed by atoms with E-state index in [4.69, 9.17) is 14.2 Å². The van der Waals surface area contributed by atoms with E-state index in [9.17, 15) is 14.4 Å². The molecule has 6 nitrogen and oxygen atoms in total. The Kier molecular flexibility index (Phi) is 57.1. The zero-order valence-corrected chi connectivity index (χ0v) is 46.9. The lowest BCUT2D eigenvalue weighted by Gasteiger charge is -2.18. The van der Waals surface area contributed by atoms with Crippen LogP contribution in [0.4, 0.5) is 0 Å². The van der Waals surface area contributed by atoms with Gasteiger partial charge in [0, 0.05) is 19.3 Å². The van der Waals surface area contributed by atoms with Gasteiger partial charge in [0.2, 0.25) is 0 Å². The Labute approximate surface area is 431 Å². The number of unbranched alkanes of at least 4 members (excludes halogenated alkanes) is 45. The van der Waals surface area contributed by atoms with Gasteiger partial charge in [-0.05, 0) is 44.9 Å². The van der Waals surface area contributed by atoms with Crippen LogP contribution in [-0.4, -0.2) is 37.2 Å². The minimum absolute atomic E-state index is 0.0633. The molecule has 0 aliphatic heterocycles. The fraction of sp³-hybridized carbons (Fsp3) is 0.921. The summed E-state index contributed by atoms with van der Waals surface area (Å²) in [7, 11) is 0. The van der Waals surface area contributed by atoms with Crippen molar-refractivity contribution in [1.82, 2.24) is 0 Å². The molecule has 6 heteroatoms. The number of hydrogen-bond donors (Lipinski definition) is 0. The van der Waals surface area contributed by atoms with Crippen LogP contribution >= 0.6 is 0 Å². The number of hydrogen-bond acceptors (Lipinski definition) is 6. The molecule has 0 amide bonds. The van der Waals surface area contributed by atoms with Crippen molar-refractivity contribution < 1.29 is 28.6 Å². The minimum Gasteiger partial charge on any atom is -0.462 e. The fourth-order valence-electron chi connectivity index (χ4n) is 9.56. The number of rotatable bonds is 58. The summed E-state index contributed by atoms with van der Waals surface area (Å²) in [4.78, 5) is 38.2. The zero-order valence-electron chi connectivity index (χ0n) is 46.9. The van der Waals surface area contributed by atoms with Crippen molar-refractivity contribution in [3.05, 3.63) is 12.2 Å². The summed E-state index contributed by atoms with van der Waals surface area (Å²) in [6.45, 7) is 6.70. The van der Waals surface area contributed by atoms with E-state index in [1.54, 1.807) is 0 Å². The minimum atomic E-state index is -0.763. The van der Waals surface area contributed by atoms with E-state index >= 15 is 0 Å². The molecule has 408 valence electrons. The quantitative estimate of drug-likeness (QED) is 0.0261. The average molecular weight is 974 g/mol. The van der Waals surface area contributed by atoms with Gasteiger partial charge < -0.3 is 14.2 Å². The Morgan fingerprint density at radius 3 is 0.725 bits per heavy atom. The molecule has 1 atom stereocenters. The Morgan fingerprint density at radius 2 is 0.478 bits per heavy atom. The Morgan fingerprint density at radius 1 is 0.275 bits per heavy atom. The van der Waals surface area contributed by atoms with Gasteiger partial charge in [0.15, 0.2) is 6.10 Å². The van der Waals surface area contributed by atoms with Gasteiger partial charge in [0.1, 0.15) is 13.2 Å². The first-order valence-electron chi connectivity index (χ1n) is 31.2. The molecular formula is C63H120O6. The standard InChI is InChI=1S/C63H120O6/c1-4-7-10-13-16-19-22-25-26-27-28-29-30-31-32-33-34-35-36-39-41-44-47-50-53-56-62(65)68-59-60(69-63(66)57-54-51-48-45-42-38-24-21-18-15-12-9-6-3)58-67-61(64)55-52-49-46-43-40-37-23-20-17-14-11-8-5-2/h27-28,60H,4-26,29-59H2,1-3H3/b28-27-. The van der Waals surface area contributed by atoms with Crippen LogP contribution in [-0.2, 0) is 28.6 Å². The van der Waals surface area contributed by atoms with Gasteiger partial charge in [0.25, 0.3) is 0 Å². The number of esters is 3. The van der Waals surface area contributed by atoms with E-state index in [0.717, 1.165) is 57.8 Å². The summed E-state index contributed by atoms with van der Waals surface area (Å²) in [5.41, 5.74) is 0. The Bertz CT molecular complexity index is 1070. The molecule has 0 saturated carbocycles. The van der Waals surface area contributed by atoms with Gasteiger partial charge in [-0.15, -0.1) is 0 Å². The average Bonchev–Trinajstić information content (AvgIpc) is 3.35. The molecule has 0 N–H and O–H groups in total. The summed E-state index contributed by atoms with van der Waals surface area (Å²) < 4.78 is 16.9. The third-order valence-electron chi connectivity index (χ3n) is 14.3. The second-order valence-corrected chi connectivity index (χ2v) is 21.3. The molecule has 0 bridgehead atoms. The van der Waals surface area contributed by atoms with Crippen molar-refractivity contribution in [3.63, 3.8) is 0 Å². The van der Waals surface area contributed by atoms with Crippen LogP contribution in [0.15, 0.2) is 12.2 Å². The zero-order chi connectivity index (χ0) is 50.0. The van der Waals surface area contributed by atoms with Crippen LogP contribution in [0.2, 0.25) is 0 Å². The monoisotopic (exact) mass is 973 g/mol. The summed E-state index contributed by atoms with van der Waals surface area (Å²) in [6.07, 6.45) is 67.9. The summed E-state index contributed by atoms with van der Waals surface area (Å²) in [5, 5.41) is 0. The van der Waals surface area contributed by atoms with Gasteiger partial charge in [-0.1, -0.05) is 303 Å². The first-order valence-corrected chi connectivity index (χ1v) is 31.2. The van der Waals surface area contributed by atoms with Crippen LogP contribution in [0, 0.1) is 0 Å². The number of carbonyl (C=O) groups is 3. The topological polar surface area (TPSA) is 78.9 Å². The predicted molar refractivity (Wildman–Crippen MR) is 298 cm³/mol. The molecule has 0 fully saturated rings. The molecule has 0 aromatic heterocycles. The fourth-order valence-corrected chi connectivity index (χ4v) is 9.56. The lowest BCUT2D eigenvalue weighted by molar-refractivity contribution is -0.167. The molecule has 0 aromatic carbocycles. The van der Waals surface area contributed by atoms with Crippen molar-refractivity contribution in [1.29, 1.82) is 0 Å². The SMILES string of the molecule is CCCCCCCCCC/C=C\CCCCCCCCCCCCCCCC(=O)OCC(COC(=O)CCCCCCCCCCCCCCC)OC(=O)CCCCCCCCCCCCCCC. The Hall–Kier alpha value is -1.85. The maximum absolute atomic E-state index is 12.8. The largest absolute Gasteiger partial charge is 0.462 e. The van der Waals surface area contributed by atoms with Crippen molar-refractivity contribution in [2.45, 2.75) is 361 Å². The summed E-state index contributed by atoms with van der Waals surface area (Å²) >= 11 is 0. The van der Waals surface area contributed by atoms with Crippen molar-refractivity contribution in [2.75, 3.05) is 13.2 Å². The lowest BCUT2D eigenvalue weighted by atomic mass is 10.0. The van der Waals surface area contributed by atoms with E-state index in [0.29, 0.717) is 19.3 Å². The number of allylic oxidation sites excluding steroid dienone is 2. The van der Waals surface area contributed by atoms with E-state index in [1.807, 2.05) is 0 Å². The van der Waals surface area contributed by atoms with Gasteiger partial charge in [0.05, 0.1) is 0 Å². The highest BCUT2D eigenvalue weighted by Gasteiger charge is 2.19. The smallest absolute Gasteiger partial charge is 0.306 e. The predicted octanol–water partition coefficient (Wildman–Crippen LogP) is 20.9. The molecule has 0 rings (SSSR count). The Balaban J connectivity index is 4.17. The van der Waals surface area contributed by atoms with Crippen molar-refractivity contribution in [3.8, 4) is 0 Å². The maximum atomic E-state index is 12.8. The van der Waals surface area contributed by atoms with E-state index in [2.05, 4.69) is 32.9 Å². The molecule has 0 aromatic rings. The number of ether oxygens (including phenoxy) is 3. The molecule has 0 aliphatic carbocycles. The van der Waals surface area contributed by atoms with Crippen molar-refractivity contribution >= 4 is 17.9 Å². The molecule has 0 heterocycles. The molecule has 0 saturated heterocycles. The third kappa shape index (κ3) is 56.9. The second kappa shape index (κ2) is 58.7. The highest BCUT2D eigenvalue weighted by atomic mass is 16.6. The molecule has 1 unspecified atom stereocenters. The van der Waals surface area contributed by atoms with E-state index in [-0.39, 0.29) is 31.1 Å². The van der Waals surface area contributed by atoms with Gasteiger partial charge in [-0.3, -0.25) is 14.4 Å². The summed E-state index contributed by atoms with van der Waals surface area (Å²) in [6, 6.07) is 0. The molecule has 0 aliphatic rings. The normalized spacial score (nSPS) is 12.0. The highest BCUT2D eigenvalue weighted by molar-refractivity contribution is 5.71. The lowest BCUT2D eigenvalue weighted by Crippen LogP contribution is -2.30. The first kappa shape index (κ1) is 67.1. The third-order valence-corrected chi connectivity index (χ3v) is 14.3. The molecule has 0 spiro atoms. The molecule has 0 radical (unpaired) electrons. The van der Waals surface area contributed by atoms with E-state index < -0.39 is 6.10 Å². The van der Waals surface area contributed by atoms with Crippen LogP contribution in [0.25, 0.3) is 0 Å².